The highest BCUT2D eigenvalue weighted by atomic mass is 35.5. The third-order valence-corrected chi connectivity index (χ3v) is 4.89. The summed E-state index contributed by atoms with van der Waals surface area (Å²) >= 11 is 5.82. The first-order valence-corrected chi connectivity index (χ1v) is 9.40. The molecule has 2 aromatic rings. The zero-order chi connectivity index (χ0) is 20.1. The Morgan fingerprint density at radius 2 is 1.71 bits per heavy atom. The van der Waals surface area contributed by atoms with Gasteiger partial charge in [-0.1, -0.05) is 17.7 Å². The maximum Gasteiger partial charge on any atom is 0.416 e. The molecule has 0 unspecified atom stereocenters. The van der Waals surface area contributed by atoms with Crippen molar-refractivity contribution in [2.75, 3.05) is 44.2 Å². The molecule has 0 amide bonds. The molecule has 152 valence electrons. The topological polar surface area (TPSA) is 35.9 Å². The van der Waals surface area contributed by atoms with E-state index in [0.29, 0.717) is 49.2 Å². The maximum absolute atomic E-state index is 12.9. The van der Waals surface area contributed by atoms with Crippen molar-refractivity contribution in [3.8, 4) is 5.75 Å². The lowest BCUT2D eigenvalue weighted by Crippen LogP contribution is -2.49. The molecule has 1 N–H and O–H groups in total. The molecule has 1 heterocycles. The predicted octanol–water partition coefficient (Wildman–Crippen LogP) is 3.92. The summed E-state index contributed by atoms with van der Waals surface area (Å²) < 4.78 is 44.2. The van der Waals surface area contributed by atoms with Crippen LogP contribution in [0.5, 0.6) is 5.75 Å². The van der Waals surface area contributed by atoms with Crippen LogP contribution in [0.3, 0.4) is 0 Å². The Morgan fingerprint density at radius 3 is 2.36 bits per heavy atom. The first kappa shape index (κ1) is 20.8. The van der Waals surface area contributed by atoms with Crippen molar-refractivity contribution in [3.05, 3.63) is 59.1 Å². The summed E-state index contributed by atoms with van der Waals surface area (Å²) in [6.45, 7) is 3.14. The number of nitrogens with zero attached hydrogens (tertiary/aromatic N) is 2. The molecule has 0 saturated carbocycles. The van der Waals surface area contributed by atoms with Gasteiger partial charge in [-0.05, 0) is 42.5 Å². The van der Waals surface area contributed by atoms with Gasteiger partial charge in [-0.15, -0.1) is 0 Å². The Labute approximate surface area is 167 Å². The molecular formula is C20H22ClF3N2O2. The van der Waals surface area contributed by atoms with Crippen LogP contribution in [0.2, 0.25) is 5.02 Å². The highest BCUT2D eigenvalue weighted by Gasteiger charge is 2.31. The second-order valence-corrected chi connectivity index (χ2v) is 7.19. The van der Waals surface area contributed by atoms with Gasteiger partial charge in [-0.3, -0.25) is 4.90 Å². The molecule has 1 aliphatic rings. The van der Waals surface area contributed by atoms with Crippen LogP contribution >= 0.6 is 11.6 Å². The maximum atomic E-state index is 12.9. The predicted molar refractivity (Wildman–Crippen MR) is 103 cm³/mol. The monoisotopic (exact) mass is 414 g/mol. The fourth-order valence-corrected chi connectivity index (χ4v) is 3.27. The van der Waals surface area contributed by atoms with E-state index in [1.165, 1.54) is 12.1 Å². The summed E-state index contributed by atoms with van der Waals surface area (Å²) in [5.74, 6) is 0.637. The van der Waals surface area contributed by atoms with Crippen molar-refractivity contribution in [3.63, 3.8) is 0 Å². The molecule has 8 heteroatoms. The minimum Gasteiger partial charge on any atom is -0.491 e. The number of aliphatic hydroxyl groups is 1. The van der Waals surface area contributed by atoms with Gasteiger partial charge in [0.15, 0.2) is 0 Å². The fraction of sp³-hybridized carbons (Fsp3) is 0.400. The van der Waals surface area contributed by atoms with Crippen LogP contribution in [-0.4, -0.2) is 55.4 Å². The van der Waals surface area contributed by atoms with Gasteiger partial charge in [-0.2, -0.15) is 13.2 Å². The van der Waals surface area contributed by atoms with Crippen LogP contribution in [0.4, 0.5) is 18.9 Å². The first-order chi connectivity index (χ1) is 13.3. The van der Waals surface area contributed by atoms with Crippen molar-refractivity contribution < 1.29 is 23.0 Å². The number of benzene rings is 2. The normalized spacial score (nSPS) is 16.8. The summed E-state index contributed by atoms with van der Waals surface area (Å²) in [4.78, 5) is 4.02. The van der Waals surface area contributed by atoms with E-state index in [9.17, 15) is 18.3 Å². The Balaban J connectivity index is 1.45. The number of β-amino-alcohol motifs (C(OH)–C–C–N with tert-alkyl or cyclic N) is 1. The molecule has 0 aliphatic carbocycles. The summed E-state index contributed by atoms with van der Waals surface area (Å²) in [7, 11) is 0. The van der Waals surface area contributed by atoms with E-state index < -0.39 is 17.8 Å². The van der Waals surface area contributed by atoms with Crippen LogP contribution in [0.15, 0.2) is 48.5 Å². The van der Waals surface area contributed by atoms with Crippen LogP contribution in [-0.2, 0) is 6.18 Å². The number of aliphatic hydroxyl groups excluding tert-OH is 1. The van der Waals surface area contributed by atoms with Crippen molar-refractivity contribution in [2.24, 2.45) is 0 Å². The van der Waals surface area contributed by atoms with Crippen LogP contribution in [0.1, 0.15) is 5.56 Å². The number of alkyl halides is 3. The Kier molecular flexibility index (Phi) is 6.69. The average molecular weight is 415 g/mol. The van der Waals surface area contributed by atoms with Crippen LogP contribution < -0.4 is 9.64 Å². The number of ether oxygens (including phenoxy) is 1. The Hall–Kier alpha value is -1.96. The molecule has 1 saturated heterocycles. The lowest BCUT2D eigenvalue weighted by Gasteiger charge is -2.37. The van der Waals surface area contributed by atoms with E-state index in [2.05, 4.69) is 4.90 Å². The smallest absolute Gasteiger partial charge is 0.416 e. The SMILES string of the molecule is O[C@H](COc1ccc(Cl)cc1)CN1CCN(c2cccc(C(F)(F)F)c2)CC1. The van der Waals surface area contributed by atoms with E-state index in [-0.39, 0.29) is 6.61 Å². The quantitative estimate of drug-likeness (QED) is 0.777. The third-order valence-electron chi connectivity index (χ3n) is 4.64. The summed E-state index contributed by atoms with van der Waals surface area (Å²) in [5.41, 5.74) is -0.0664. The molecule has 0 radical (unpaired) electrons. The zero-order valence-electron chi connectivity index (χ0n) is 15.2. The van der Waals surface area contributed by atoms with E-state index in [4.69, 9.17) is 16.3 Å². The van der Waals surface area contributed by atoms with E-state index in [0.717, 1.165) is 6.07 Å². The minimum atomic E-state index is -4.34. The van der Waals surface area contributed by atoms with Gasteiger partial charge in [0.05, 0.1) is 5.56 Å². The highest BCUT2D eigenvalue weighted by molar-refractivity contribution is 6.30. The molecule has 0 spiro atoms. The molecule has 1 aliphatic heterocycles. The second-order valence-electron chi connectivity index (χ2n) is 6.75. The molecular weight excluding hydrogens is 393 g/mol. The third kappa shape index (κ3) is 5.77. The van der Waals surface area contributed by atoms with Crippen LogP contribution in [0.25, 0.3) is 0 Å². The van der Waals surface area contributed by atoms with Crippen molar-refractivity contribution in [1.29, 1.82) is 0 Å². The van der Waals surface area contributed by atoms with E-state index in [1.54, 1.807) is 30.3 Å². The molecule has 0 bridgehead atoms. The Morgan fingerprint density at radius 1 is 1.04 bits per heavy atom. The van der Waals surface area contributed by atoms with Gasteiger partial charge in [0, 0.05) is 43.4 Å². The molecule has 1 atom stereocenters. The highest BCUT2D eigenvalue weighted by Crippen LogP contribution is 2.31. The van der Waals surface area contributed by atoms with Gasteiger partial charge < -0.3 is 14.7 Å². The lowest BCUT2D eigenvalue weighted by atomic mass is 10.1. The lowest BCUT2D eigenvalue weighted by molar-refractivity contribution is -0.137. The molecule has 0 aromatic heterocycles. The van der Waals surface area contributed by atoms with E-state index in [1.807, 2.05) is 4.90 Å². The number of hydrogen-bond donors (Lipinski definition) is 1. The number of hydrogen-bond acceptors (Lipinski definition) is 4. The molecule has 3 rings (SSSR count). The number of anilines is 1. The molecule has 1 fully saturated rings. The number of halogens is 4. The van der Waals surface area contributed by atoms with Crippen molar-refractivity contribution >= 4 is 17.3 Å². The second kappa shape index (κ2) is 9.03. The van der Waals surface area contributed by atoms with Gasteiger partial charge in [0.1, 0.15) is 18.5 Å². The fourth-order valence-electron chi connectivity index (χ4n) is 3.14. The molecule has 4 nitrogen and oxygen atoms in total. The molecule has 28 heavy (non-hydrogen) atoms. The van der Waals surface area contributed by atoms with E-state index >= 15 is 0 Å². The van der Waals surface area contributed by atoms with Crippen LogP contribution in [0, 0.1) is 0 Å². The largest absolute Gasteiger partial charge is 0.491 e. The van der Waals surface area contributed by atoms with Gasteiger partial charge in [-0.25, -0.2) is 0 Å². The average Bonchev–Trinajstić information content (AvgIpc) is 2.68. The van der Waals surface area contributed by atoms with Crippen molar-refractivity contribution in [1.82, 2.24) is 4.90 Å². The van der Waals surface area contributed by atoms with Gasteiger partial charge in [0.25, 0.3) is 0 Å². The summed E-state index contributed by atoms with van der Waals surface area (Å²) in [6.07, 6.45) is -5.00. The number of piperazine rings is 1. The summed E-state index contributed by atoms with van der Waals surface area (Å²) in [6, 6.07) is 12.3. The standard InChI is InChI=1S/C20H22ClF3N2O2/c21-16-4-6-19(7-5-16)28-14-18(27)13-25-8-10-26(11-9-25)17-3-1-2-15(12-17)20(22,23)24/h1-7,12,18,27H,8-11,13-14H2/t18-/m0/s1. The summed E-state index contributed by atoms with van der Waals surface area (Å²) in [5, 5.41) is 10.8. The minimum absolute atomic E-state index is 0.162. The van der Waals surface area contributed by atoms with Crippen molar-refractivity contribution in [2.45, 2.75) is 12.3 Å². The Bertz CT molecular complexity index is 763. The zero-order valence-corrected chi connectivity index (χ0v) is 16.0. The van der Waals surface area contributed by atoms with Gasteiger partial charge in [0.2, 0.25) is 0 Å². The van der Waals surface area contributed by atoms with Gasteiger partial charge >= 0.3 is 6.18 Å². The first-order valence-electron chi connectivity index (χ1n) is 9.02. The number of rotatable bonds is 6. The molecule has 2 aromatic carbocycles.